The smallest absolute Gasteiger partial charge is 0.339 e. The molecule has 0 N–H and O–H groups in total. The van der Waals surface area contributed by atoms with E-state index in [1.54, 1.807) is 25.1 Å². The molecule has 0 atom stereocenters. The van der Waals surface area contributed by atoms with E-state index in [2.05, 4.69) is 6.92 Å². The van der Waals surface area contributed by atoms with Crippen LogP contribution in [0.5, 0.6) is 0 Å². The van der Waals surface area contributed by atoms with Crippen molar-refractivity contribution in [1.29, 1.82) is 0 Å². The predicted octanol–water partition coefficient (Wildman–Crippen LogP) is 4.43. The Bertz CT molecular complexity index is 865. The predicted molar refractivity (Wildman–Crippen MR) is 110 cm³/mol. The lowest BCUT2D eigenvalue weighted by Gasteiger charge is -2.30. The summed E-state index contributed by atoms with van der Waals surface area (Å²) in [5, 5.41) is 0. The zero-order valence-electron chi connectivity index (χ0n) is 17.4. The zero-order valence-corrected chi connectivity index (χ0v) is 17.4. The lowest BCUT2D eigenvalue weighted by atomic mass is 9.99. The van der Waals surface area contributed by atoms with Crippen molar-refractivity contribution in [3.05, 3.63) is 47.4 Å². The first-order valence-electron chi connectivity index (χ1n) is 10.3. The first-order valence-corrected chi connectivity index (χ1v) is 10.3. The Labute approximate surface area is 171 Å². The van der Waals surface area contributed by atoms with E-state index in [4.69, 9.17) is 4.74 Å². The Kier molecular flexibility index (Phi) is 6.72. The zero-order chi connectivity index (χ0) is 21.0. The summed E-state index contributed by atoms with van der Waals surface area (Å²) >= 11 is 0. The molecule has 0 spiro atoms. The third kappa shape index (κ3) is 4.86. The number of aromatic nitrogens is 1. The Morgan fingerprint density at radius 3 is 2.45 bits per heavy atom. The third-order valence-electron chi connectivity index (χ3n) is 5.69. The average molecular weight is 400 g/mol. The topological polar surface area (TPSA) is 51.5 Å². The molecule has 5 nitrogen and oxygen atoms in total. The number of carbonyl (C=O) groups is 2. The molecule has 2 heterocycles. The van der Waals surface area contributed by atoms with Crippen molar-refractivity contribution in [2.75, 3.05) is 19.7 Å². The summed E-state index contributed by atoms with van der Waals surface area (Å²) in [6.45, 7) is 8.21. The maximum atomic E-state index is 13.4. The fraction of sp³-hybridized carbons (Fsp3) is 0.478. The van der Waals surface area contributed by atoms with Gasteiger partial charge in [0.2, 0.25) is 5.91 Å². The molecule has 6 heteroatoms. The van der Waals surface area contributed by atoms with Crippen molar-refractivity contribution in [1.82, 2.24) is 9.47 Å². The molecule has 1 fully saturated rings. The van der Waals surface area contributed by atoms with Crippen LogP contribution < -0.4 is 0 Å². The fourth-order valence-corrected chi connectivity index (χ4v) is 3.83. The van der Waals surface area contributed by atoms with Crippen LogP contribution in [0.25, 0.3) is 11.3 Å². The van der Waals surface area contributed by atoms with Gasteiger partial charge >= 0.3 is 5.97 Å². The maximum absolute atomic E-state index is 13.4. The molecule has 0 saturated carbocycles. The minimum absolute atomic E-state index is 0.132. The summed E-state index contributed by atoms with van der Waals surface area (Å²) in [7, 11) is 0. The summed E-state index contributed by atoms with van der Waals surface area (Å²) in [4.78, 5) is 27.0. The van der Waals surface area contributed by atoms with Gasteiger partial charge in [-0.3, -0.25) is 4.79 Å². The molecule has 1 aromatic heterocycles. The molecule has 1 aliphatic rings. The van der Waals surface area contributed by atoms with Crippen LogP contribution in [0, 0.1) is 18.7 Å². The molecular weight excluding hydrogens is 371 g/mol. The van der Waals surface area contributed by atoms with Gasteiger partial charge in [0.1, 0.15) is 5.82 Å². The molecule has 3 rings (SSSR count). The van der Waals surface area contributed by atoms with Crippen molar-refractivity contribution in [3.63, 3.8) is 0 Å². The minimum Gasteiger partial charge on any atom is -0.462 e. The van der Waals surface area contributed by atoms with Gasteiger partial charge in [-0.25, -0.2) is 9.18 Å². The number of rotatable bonds is 6. The second kappa shape index (κ2) is 9.25. The molecule has 156 valence electrons. The highest BCUT2D eigenvalue weighted by molar-refractivity contribution is 5.92. The molecular formula is C23H29FN2O3. The standard InChI is InChI=1S/C23H29FN2O3/c1-4-29-23(28)20-15-21(18-5-7-19(24)8-6-18)26(17(20)3)14-11-22(27)25-12-9-16(2)10-13-25/h5-8,15-16H,4,9-14H2,1-3H3. The van der Waals surface area contributed by atoms with Gasteiger partial charge in [0.25, 0.3) is 0 Å². The molecule has 1 saturated heterocycles. The quantitative estimate of drug-likeness (QED) is 0.674. The number of hydrogen-bond acceptors (Lipinski definition) is 3. The van der Waals surface area contributed by atoms with E-state index in [1.807, 2.05) is 16.4 Å². The number of ether oxygens (including phenoxy) is 1. The monoisotopic (exact) mass is 400 g/mol. The lowest BCUT2D eigenvalue weighted by Crippen LogP contribution is -2.38. The number of carbonyl (C=O) groups excluding carboxylic acids is 2. The van der Waals surface area contributed by atoms with Crippen LogP contribution in [0.2, 0.25) is 0 Å². The average Bonchev–Trinajstić information content (AvgIpc) is 3.04. The summed E-state index contributed by atoms with van der Waals surface area (Å²) in [5.74, 6) is 0.0999. The summed E-state index contributed by atoms with van der Waals surface area (Å²) in [5.41, 5.74) is 2.81. The molecule has 1 aromatic carbocycles. The van der Waals surface area contributed by atoms with E-state index in [-0.39, 0.29) is 17.7 Å². The number of nitrogens with zero attached hydrogens (tertiary/aromatic N) is 2. The van der Waals surface area contributed by atoms with Gasteiger partial charge in [0.05, 0.1) is 12.2 Å². The summed E-state index contributed by atoms with van der Waals surface area (Å²) in [6, 6.07) is 7.93. The Morgan fingerprint density at radius 2 is 1.83 bits per heavy atom. The highest BCUT2D eigenvalue weighted by Crippen LogP contribution is 2.27. The molecule has 1 amide bonds. The minimum atomic E-state index is -0.386. The highest BCUT2D eigenvalue weighted by Gasteiger charge is 2.23. The lowest BCUT2D eigenvalue weighted by molar-refractivity contribution is -0.132. The van der Waals surface area contributed by atoms with Crippen molar-refractivity contribution in [2.24, 2.45) is 5.92 Å². The Hall–Kier alpha value is -2.63. The fourth-order valence-electron chi connectivity index (χ4n) is 3.83. The van der Waals surface area contributed by atoms with E-state index < -0.39 is 0 Å². The summed E-state index contributed by atoms with van der Waals surface area (Å²) in [6.07, 6.45) is 2.45. The van der Waals surface area contributed by atoms with E-state index >= 15 is 0 Å². The van der Waals surface area contributed by atoms with Crippen LogP contribution in [0.1, 0.15) is 49.2 Å². The number of halogens is 1. The number of likely N-dealkylation sites (tertiary alicyclic amines) is 1. The molecule has 0 bridgehead atoms. The largest absolute Gasteiger partial charge is 0.462 e. The first kappa shape index (κ1) is 21.1. The molecule has 2 aromatic rings. The normalized spacial score (nSPS) is 14.8. The van der Waals surface area contributed by atoms with Gasteiger partial charge in [-0.2, -0.15) is 0 Å². The van der Waals surface area contributed by atoms with Crippen LogP contribution in [0.3, 0.4) is 0 Å². The van der Waals surface area contributed by atoms with Gasteiger partial charge in [0, 0.05) is 37.4 Å². The first-order chi connectivity index (χ1) is 13.9. The Morgan fingerprint density at radius 1 is 1.17 bits per heavy atom. The Balaban J connectivity index is 1.84. The number of hydrogen-bond donors (Lipinski definition) is 0. The van der Waals surface area contributed by atoms with E-state index in [9.17, 15) is 14.0 Å². The van der Waals surface area contributed by atoms with E-state index in [0.29, 0.717) is 31.1 Å². The van der Waals surface area contributed by atoms with E-state index in [1.165, 1.54) is 12.1 Å². The van der Waals surface area contributed by atoms with Crippen molar-refractivity contribution in [3.8, 4) is 11.3 Å². The van der Waals surface area contributed by atoms with E-state index in [0.717, 1.165) is 42.9 Å². The number of amides is 1. The van der Waals surface area contributed by atoms with Crippen molar-refractivity contribution in [2.45, 2.75) is 46.6 Å². The van der Waals surface area contributed by atoms with Crippen molar-refractivity contribution < 1.29 is 18.7 Å². The van der Waals surface area contributed by atoms with Gasteiger partial charge < -0.3 is 14.2 Å². The summed E-state index contributed by atoms with van der Waals surface area (Å²) < 4.78 is 20.5. The van der Waals surface area contributed by atoms with Gasteiger partial charge in [-0.1, -0.05) is 6.92 Å². The second-order valence-electron chi connectivity index (χ2n) is 7.72. The van der Waals surface area contributed by atoms with Crippen LogP contribution in [-0.2, 0) is 16.1 Å². The van der Waals surface area contributed by atoms with Crippen LogP contribution in [0.15, 0.2) is 30.3 Å². The van der Waals surface area contributed by atoms with Gasteiger partial charge in [0.15, 0.2) is 0 Å². The molecule has 1 aliphatic heterocycles. The van der Waals surface area contributed by atoms with Crippen molar-refractivity contribution >= 4 is 11.9 Å². The van der Waals surface area contributed by atoms with Crippen LogP contribution in [-0.4, -0.2) is 41.0 Å². The number of esters is 1. The number of benzene rings is 1. The van der Waals surface area contributed by atoms with Gasteiger partial charge in [-0.05, 0) is 68.5 Å². The SMILES string of the molecule is CCOC(=O)c1cc(-c2ccc(F)cc2)n(CCC(=O)N2CCC(C)CC2)c1C. The third-order valence-corrected chi connectivity index (χ3v) is 5.69. The van der Waals surface area contributed by atoms with Crippen LogP contribution >= 0.6 is 0 Å². The molecule has 0 aliphatic carbocycles. The van der Waals surface area contributed by atoms with Crippen LogP contribution in [0.4, 0.5) is 4.39 Å². The molecule has 0 unspecified atom stereocenters. The number of piperidine rings is 1. The van der Waals surface area contributed by atoms with Gasteiger partial charge in [-0.15, -0.1) is 0 Å². The highest BCUT2D eigenvalue weighted by atomic mass is 19.1. The second-order valence-corrected chi connectivity index (χ2v) is 7.72. The molecule has 29 heavy (non-hydrogen) atoms. The molecule has 0 radical (unpaired) electrons. The maximum Gasteiger partial charge on any atom is 0.339 e.